The second-order valence-electron chi connectivity index (χ2n) is 20.5. The molecule has 53 heavy (non-hydrogen) atoms. The molecule has 7 saturated carbocycles. The summed E-state index contributed by atoms with van der Waals surface area (Å²) in [6.07, 6.45) is 52.3. The normalized spacial score (nSPS) is 29.5. The van der Waals surface area contributed by atoms with E-state index in [-0.39, 0.29) is 0 Å². The summed E-state index contributed by atoms with van der Waals surface area (Å²) in [5.74, 6) is 10.8. The molecule has 3 unspecified atom stereocenters. The summed E-state index contributed by atoms with van der Waals surface area (Å²) in [5, 5.41) is 0. The highest BCUT2D eigenvalue weighted by Gasteiger charge is 2.38. The van der Waals surface area contributed by atoms with Crippen LogP contribution in [0.25, 0.3) is 0 Å². The lowest BCUT2D eigenvalue weighted by atomic mass is 9.82. The molecule has 0 heteroatoms. The van der Waals surface area contributed by atoms with Gasteiger partial charge in [0.1, 0.15) is 0 Å². The van der Waals surface area contributed by atoms with Crippen LogP contribution in [-0.2, 0) is 0 Å². The average Bonchev–Trinajstić information content (AvgIpc) is 3.86. The Hall–Kier alpha value is 0. The fraction of sp³-hybridized carbons (Fsp3) is 1.00. The van der Waals surface area contributed by atoms with Crippen LogP contribution in [0.2, 0.25) is 0 Å². The molecule has 2 bridgehead atoms. The smallest absolute Gasteiger partial charge is 0.0383 e. The SMILES string of the molecule is CC(C)C1CCCCC1.CCC1CC2CCC1C2.CCC1CCC(C)CC1.CCC1CCCCC1.CCCC1CCCCC1.CCCC1CCCCC1. The van der Waals surface area contributed by atoms with E-state index in [9.17, 15) is 0 Å². The van der Waals surface area contributed by atoms with E-state index in [1.54, 1.807) is 25.7 Å². The second-order valence-corrected chi connectivity index (χ2v) is 20.5. The van der Waals surface area contributed by atoms with Gasteiger partial charge in [0.2, 0.25) is 0 Å². The molecule has 7 aliphatic carbocycles. The summed E-state index contributed by atoms with van der Waals surface area (Å²) < 4.78 is 0. The number of fused-ring (bicyclic) bond motifs is 2. The van der Waals surface area contributed by atoms with Gasteiger partial charge in [-0.15, -0.1) is 0 Å². The van der Waals surface area contributed by atoms with Crippen molar-refractivity contribution in [3.8, 4) is 0 Å². The van der Waals surface area contributed by atoms with Gasteiger partial charge in [0, 0.05) is 0 Å². The summed E-state index contributed by atoms with van der Waals surface area (Å²) in [6.45, 7) is 18.7. The third-order valence-electron chi connectivity index (χ3n) is 15.9. The topological polar surface area (TPSA) is 0 Å². The second kappa shape index (κ2) is 32.0. The van der Waals surface area contributed by atoms with Crippen molar-refractivity contribution in [3.63, 3.8) is 0 Å². The standard InChI is InChI=1S/C9H16.4C9H18.C8H16/c1-2-8-5-7-3-4-9(8)6-7;1-8(2)9-6-4-3-5-7-9;1-3-9-6-4-8(2)5-7-9;2*1-2-6-9-7-4-3-5-8-9;1-2-8-6-4-3-5-7-8/h7-9H,2-6H2,1H3;2*8-9H,3-7H2,1-2H3;2*9H,2-8H2,1H3;8H,2-7H2,1H3. The molecule has 7 rings (SSSR count). The molecule has 0 aromatic carbocycles. The van der Waals surface area contributed by atoms with Crippen molar-refractivity contribution in [2.75, 3.05) is 0 Å². The van der Waals surface area contributed by atoms with Crippen LogP contribution in [0.5, 0.6) is 0 Å². The molecule has 0 aromatic heterocycles. The predicted molar refractivity (Wildman–Crippen MR) is 242 cm³/mol. The first-order chi connectivity index (χ1) is 25.8. The van der Waals surface area contributed by atoms with Gasteiger partial charge in [-0.25, -0.2) is 0 Å². The van der Waals surface area contributed by atoms with E-state index in [0.717, 1.165) is 59.2 Å². The Morgan fingerprint density at radius 2 is 0.811 bits per heavy atom. The first-order valence-electron chi connectivity index (χ1n) is 25.8. The summed E-state index contributed by atoms with van der Waals surface area (Å²) in [5.41, 5.74) is 0. The van der Waals surface area contributed by atoms with Crippen molar-refractivity contribution in [2.24, 2.45) is 59.2 Å². The molecule has 0 spiro atoms. The van der Waals surface area contributed by atoms with Gasteiger partial charge in [0.05, 0.1) is 0 Å². The van der Waals surface area contributed by atoms with Crippen LogP contribution >= 0.6 is 0 Å². The monoisotopic (exact) mass is 741 g/mol. The Bertz CT molecular complexity index is 723. The third-order valence-corrected chi connectivity index (χ3v) is 15.9. The number of rotatable bonds is 8. The van der Waals surface area contributed by atoms with E-state index in [2.05, 4.69) is 55.4 Å². The summed E-state index contributed by atoms with van der Waals surface area (Å²) >= 11 is 0. The van der Waals surface area contributed by atoms with Gasteiger partial charge in [-0.2, -0.15) is 0 Å². The van der Waals surface area contributed by atoms with Crippen LogP contribution < -0.4 is 0 Å². The van der Waals surface area contributed by atoms with Crippen molar-refractivity contribution in [2.45, 2.75) is 280 Å². The van der Waals surface area contributed by atoms with E-state index in [1.165, 1.54) is 199 Å². The fourth-order valence-electron chi connectivity index (χ4n) is 11.8. The Morgan fingerprint density at radius 1 is 0.396 bits per heavy atom. The predicted octanol–water partition coefficient (Wildman–Crippen LogP) is 19.0. The van der Waals surface area contributed by atoms with Gasteiger partial charge in [-0.3, -0.25) is 0 Å². The van der Waals surface area contributed by atoms with Crippen LogP contribution in [0.15, 0.2) is 0 Å². The van der Waals surface area contributed by atoms with Gasteiger partial charge >= 0.3 is 0 Å². The Labute approximate surface area is 338 Å². The minimum atomic E-state index is 0.935. The highest BCUT2D eigenvalue weighted by Crippen LogP contribution is 2.49. The Morgan fingerprint density at radius 3 is 1.09 bits per heavy atom. The van der Waals surface area contributed by atoms with Crippen LogP contribution in [0, 0.1) is 59.2 Å². The average molecular weight is 741 g/mol. The molecule has 0 aliphatic heterocycles. The van der Waals surface area contributed by atoms with Crippen molar-refractivity contribution in [3.05, 3.63) is 0 Å². The van der Waals surface area contributed by atoms with Crippen LogP contribution in [0.4, 0.5) is 0 Å². The van der Waals surface area contributed by atoms with E-state index in [1.807, 2.05) is 0 Å². The molecule has 0 N–H and O–H groups in total. The summed E-state index contributed by atoms with van der Waals surface area (Å²) in [7, 11) is 0. The Kier molecular flexibility index (Phi) is 29.7. The molecule has 0 nitrogen and oxygen atoms in total. The largest absolute Gasteiger partial charge is 0.0654 e. The molecular weight excluding hydrogens is 637 g/mol. The zero-order chi connectivity index (χ0) is 38.5. The highest BCUT2D eigenvalue weighted by atomic mass is 14.4. The molecule has 0 aromatic rings. The first-order valence-corrected chi connectivity index (χ1v) is 25.8. The maximum atomic E-state index is 2.38. The van der Waals surface area contributed by atoms with Gasteiger partial charge in [-0.1, -0.05) is 261 Å². The van der Waals surface area contributed by atoms with Crippen molar-refractivity contribution >= 4 is 0 Å². The maximum absolute atomic E-state index is 2.38. The van der Waals surface area contributed by atoms with E-state index >= 15 is 0 Å². The molecule has 7 fully saturated rings. The lowest BCUT2D eigenvalue weighted by molar-refractivity contribution is 0.279. The molecule has 316 valence electrons. The molecule has 0 amide bonds. The number of hydrogen-bond donors (Lipinski definition) is 0. The quantitative estimate of drug-likeness (QED) is 0.232. The fourth-order valence-corrected chi connectivity index (χ4v) is 11.8. The zero-order valence-electron chi connectivity index (χ0n) is 38.5. The Balaban J connectivity index is 0.000000220. The van der Waals surface area contributed by atoms with Crippen LogP contribution in [0.3, 0.4) is 0 Å². The lowest BCUT2D eigenvalue weighted by Gasteiger charge is -2.24. The maximum Gasteiger partial charge on any atom is -0.0383 e. The number of hydrogen-bond acceptors (Lipinski definition) is 0. The van der Waals surface area contributed by atoms with E-state index in [4.69, 9.17) is 0 Å². The minimum absolute atomic E-state index is 0.935. The van der Waals surface area contributed by atoms with Crippen molar-refractivity contribution in [1.29, 1.82) is 0 Å². The van der Waals surface area contributed by atoms with Gasteiger partial charge < -0.3 is 0 Å². The van der Waals surface area contributed by atoms with Crippen LogP contribution in [0.1, 0.15) is 280 Å². The molecule has 3 atom stereocenters. The third kappa shape index (κ3) is 23.1. The molecule has 0 radical (unpaired) electrons. The molecule has 7 aliphatic rings. The molecule has 0 saturated heterocycles. The van der Waals surface area contributed by atoms with E-state index < -0.39 is 0 Å². The first kappa shape index (κ1) is 49.1. The van der Waals surface area contributed by atoms with Gasteiger partial charge in [0.15, 0.2) is 0 Å². The minimum Gasteiger partial charge on any atom is -0.0654 e. The molecule has 0 heterocycles. The molecular formula is C53H104. The van der Waals surface area contributed by atoms with Crippen LogP contribution in [-0.4, -0.2) is 0 Å². The van der Waals surface area contributed by atoms with Gasteiger partial charge in [-0.05, 0) is 78.4 Å². The zero-order valence-corrected chi connectivity index (χ0v) is 38.5. The van der Waals surface area contributed by atoms with Gasteiger partial charge in [0.25, 0.3) is 0 Å². The summed E-state index contributed by atoms with van der Waals surface area (Å²) in [4.78, 5) is 0. The van der Waals surface area contributed by atoms with E-state index in [0.29, 0.717) is 0 Å². The van der Waals surface area contributed by atoms with Crippen molar-refractivity contribution in [1.82, 2.24) is 0 Å². The lowest BCUT2D eigenvalue weighted by Crippen LogP contribution is -2.12. The summed E-state index contributed by atoms with van der Waals surface area (Å²) in [6, 6.07) is 0. The van der Waals surface area contributed by atoms with Crippen molar-refractivity contribution < 1.29 is 0 Å². The highest BCUT2D eigenvalue weighted by molar-refractivity contribution is 4.89.